The molecule has 0 spiro atoms. The molecular formula is C18H15ClO4. The second kappa shape index (κ2) is 6.34. The summed E-state index contributed by atoms with van der Waals surface area (Å²) in [6.07, 6.45) is 1.78. The van der Waals surface area contributed by atoms with Crippen LogP contribution in [-0.2, 0) is 16.1 Å². The third-order valence-electron chi connectivity index (χ3n) is 3.66. The SMILES string of the molecule is COc1cc2c(cc1OC)/C(=C/c1ccc(Cl)cc1)C(=O)OC2. The molecule has 0 radical (unpaired) electrons. The molecule has 23 heavy (non-hydrogen) atoms. The van der Waals surface area contributed by atoms with Crippen LogP contribution in [0.2, 0.25) is 5.02 Å². The van der Waals surface area contributed by atoms with Gasteiger partial charge in [0.1, 0.15) is 6.61 Å². The molecule has 0 fully saturated rings. The number of esters is 1. The minimum atomic E-state index is -0.361. The number of benzene rings is 2. The lowest BCUT2D eigenvalue weighted by molar-refractivity contribution is -0.138. The zero-order chi connectivity index (χ0) is 16.4. The van der Waals surface area contributed by atoms with E-state index in [1.165, 1.54) is 0 Å². The van der Waals surface area contributed by atoms with Crippen LogP contribution in [0.1, 0.15) is 16.7 Å². The largest absolute Gasteiger partial charge is 0.493 e. The van der Waals surface area contributed by atoms with Crippen LogP contribution in [0.4, 0.5) is 0 Å². The number of carbonyl (C=O) groups is 1. The number of methoxy groups -OCH3 is 2. The highest BCUT2D eigenvalue weighted by atomic mass is 35.5. The highest BCUT2D eigenvalue weighted by Gasteiger charge is 2.25. The maximum Gasteiger partial charge on any atom is 0.339 e. The quantitative estimate of drug-likeness (QED) is 0.631. The lowest BCUT2D eigenvalue weighted by atomic mass is 9.95. The van der Waals surface area contributed by atoms with Crippen molar-refractivity contribution in [2.24, 2.45) is 0 Å². The summed E-state index contributed by atoms with van der Waals surface area (Å²) in [5, 5.41) is 0.644. The molecule has 5 heteroatoms. The minimum absolute atomic E-state index is 0.215. The summed E-state index contributed by atoms with van der Waals surface area (Å²) in [4.78, 5) is 12.2. The van der Waals surface area contributed by atoms with Gasteiger partial charge in [-0.1, -0.05) is 23.7 Å². The monoisotopic (exact) mass is 330 g/mol. The van der Waals surface area contributed by atoms with Crippen LogP contribution in [0.5, 0.6) is 11.5 Å². The summed E-state index contributed by atoms with van der Waals surface area (Å²) in [5.74, 6) is 0.817. The summed E-state index contributed by atoms with van der Waals surface area (Å²) in [5.41, 5.74) is 3.01. The van der Waals surface area contributed by atoms with E-state index in [-0.39, 0.29) is 12.6 Å². The molecule has 0 aliphatic carbocycles. The molecule has 3 rings (SSSR count). The Labute approximate surface area is 139 Å². The van der Waals surface area contributed by atoms with Gasteiger partial charge in [-0.15, -0.1) is 0 Å². The fraction of sp³-hybridized carbons (Fsp3) is 0.167. The number of rotatable bonds is 3. The summed E-state index contributed by atoms with van der Waals surface area (Å²) in [7, 11) is 3.14. The van der Waals surface area contributed by atoms with E-state index in [0.717, 1.165) is 16.7 Å². The first-order chi connectivity index (χ1) is 11.1. The second-order valence-electron chi connectivity index (χ2n) is 5.05. The van der Waals surface area contributed by atoms with Crippen molar-refractivity contribution in [2.75, 3.05) is 14.2 Å². The van der Waals surface area contributed by atoms with Crippen molar-refractivity contribution in [3.05, 3.63) is 58.1 Å². The fourth-order valence-electron chi connectivity index (χ4n) is 2.48. The fourth-order valence-corrected chi connectivity index (χ4v) is 2.61. The molecule has 0 saturated carbocycles. The van der Waals surface area contributed by atoms with Crippen molar-refractivity contribution in [2.45, 2.75) is 6.61 Å². The predicted molar refractivity (Wildman–Crippen MR) is 88.7 cm³/mol. The van der Waals surface area contributed by atoms with Gasteiger partial charge in [0.2, 0.25) is 0 Å². The Morgan fingerprint density at radius 2 is 1.74 bits per heavy atom. The minimum Gasteiger partial charge on any atom is -0.493 e. The van der Waals surface area contributed by atoms with Crippen molar-refractivity contribution < 1.29 is 19.0 Å². The van der Waals surface area contributed by atoms with Gasteiger partial charge in [-0.3, -0.25) is 0 Å². The van der Waals surface area contributed by atoms with Gasteiger partial charge in [0, 0.05) is 10.6 Å². The molecule has 1 heterocycles. The van der Waals surface area contributed by atoms with Crippen molar-refractivity contribution >= 4 is 29.2 Å². The molecule has 1 aliphatic heterocycles. The molecule has 0 atom stereocenters. The van der Waals surface area contributed by atoms with Gasteiger partial charge in [-0.05, 0) is 41.5 Å². The second-order valence-corrected chi connectivity index (χ2v) is 5.49. The van der Waals surface area contributed by atoms with Gasteiger partial charge in [0.05, 0.1) is 19.8 Å². The number of ether oxygens (including phenoxy) is 3. The normalized spacial score (nSPS) is 15.1. The van der Waals surface area contributed by atoms with E-state index in [1.807, 2.05) is 18.2 Å². The molecule has 2 aromatic carbocycles. The molecule has 2 aromatic rings. The zero-order valence-corrected chi connectivity index (χ0v) is 13.5. The lowest BCUT2D eigenvalue weighted by Gasteiger charge is -2.21. The number of cyclic esters (lactones) is 1. The van der Waals surface area contributed by atoms with E-state index in [4.69, 9.17) is 25.8 Å². The molecule has 0 saturated heterocycles. The van der Waals surface area contributed by atoms with E-state index in [1.54, 1.807) is 38.5 Å². The Morgan fingerprint density at radius 3 is 2.39 bits per heavy atom. The molecule has 0 unspecified atom stereocenters. The molecule has 4 nitrogen and oxygen atoms in total. The van der Waals surface area contributed by atoms with E-state index in [2.05, 4.69) is 0 Å². The number of hydrogen-bond acceptors (Lipinski definition) is 4. The summed E-state index contributed by atoms with van der Waals surface area (Å²) in [6, 6.07) is 10.9. The van der Waals surface area contributed by atoms with Crippen LogP contribution < -0.4 is 9.47 Å². The van der Waals surface area contributed by atoms with Crippen molar-refractivity contribution in [3.63, 3.8) is 0 Å². The lowest BCUT2D eigenvalue weighted by Crippen LogP contribution is -2.15. The van der Waals surface area contributed by atoms with Crippen LogP contribution in [0.15, 0.2) is 36.4 Å². The highest BCUT2D eigenvalue weighted by molar-refractivity contribution is 6.30. The average Bonchev–Trinajstić information content (AvgIpc) is 2.58. The Hall–Kier alpha value is -2.46. The number of halogens is 1. The third-order valence-corrected chi connectivity index (χ3v) is 3.91. The number of carbonyl (C=O) groups excluding carboxylic acids is 1. The Morgan fingerprint density at radius 1 is 1.09 bits per heavy atom. The maximum absolute atomic E-state index is 12.2. The van der Waals surface area contributed by atoms with Gasteiger partial charge in [-0.25, -0.2) is 4.79 Å². The van der Waals surface area contributed by atoms with Gasteiger partial charge >= 0.3 is 5.97 Å². The van der Waals surface area contributed by atoms with Gasteiger partial charge in [0.25, 0.3) is 0 Å². The third kappa shape index (κ3) is 3.03. The van der Waals surface area contributed by atoms with Gasteiger partial charge < -0.3 is 14.2 Å². The molecule has 118 valence electrons. The highest BCUT2D eigenvalue weighted by Crippen LogP contribution is 2.37. The molecule has 0 bridgehead atoms. The summed E-state index contributed by atoms with van der Waals surface area (Å²) < 4.78 is 15.9. The van der Waals surface area contributed by atoms with Gasteiger partial charge in [-0.2, -0.15) is 0 Å². The number of hydrogen-bond donors (Lipinski definition) is 0. The Balaban J connectivity index is 2.12. The van der Waals surface area contributed by atoms with Crippen molar-refractivity contribution in [1.82, 2.24) is 0 Å². The topological polar surface area (TPSA) is 44.8 Å². The van der Waals surface area contributed by atoms with Crippen LogP contribution >= 0.6 is 11.6 Å². The Bertz CT molecular complexity index is 778. The molecule has 0 aromatic heterocycles. The van der Waals surface area contributed by atoms with Crippen LogP contribution in [-0.4, -0.2) is 20.2 Å². The standard InChI is InChI=1S/C18H15ClO4/c1-21-16-8-12-10-23-18(20)15(14(12)9-17(16)22-2)7-11-3-5-13(19)6-4-11/h3-9H,10H2,1-2H3/b15-7-. The molecule has 0 amide bonds. The van der Waals surface area contributed by atoms with E-state index < -0.39 is 0 Å². The molecule has 1 aliphatic rings. The van der Waals surface area contributed by atoms with Crippen LogP contribution in [0, 0.1) is 0 Å². The number of fused-ring (bicyclic) bond motifs is 1. The van der Waals surface area contributed by atoms with E-state index >= 15 is 0 Å². The smallest absolute Gasteiger partial charge is 0.339 e. The Kier molecular flexibility index (Phi) is 4.26. The summed E-state index contributed by atoms with van der Waals surface area (Å²) >= 11 is 5.89. The predicted octanol–water partition coefficient (Wildman–Crippen LogP) is 3.95. The van der Waals surface area contributed by atoms with Crippen molar-refractivity contribution in [1.29, 1.82) is 0 Å². The molecular weight excluding hydrogens is 316 g/mol. The van der Waals surface area contributed by atoms with Crippen LogP contribution in [0.3, 0.4) is 0 Å². The maximum atomic E-state index is 12.2. The van der Waals surface area contributed by atoms with E-state index in [9.17, 15) is 4.79 Å². The van der Waals surface area contributed by atoms with Gasteiger partial charge in [0.15, 0.2) is 11.5 Å². The zero-order valence-electron chi connectivity index (χ0n) is 12.8. The first kappa shape index (κ1) is 15.4. The molecule has 0 N–H and O–H groups in total. The summed E-state index contributed by atoms with van der Waals surface area (Å²) in [6.45, 7) is 0.215. The first-order valence-electron chi connectivity index (χ1n) is 7.02. The van der Waals surface area contributed by atoms with Crippen molar-refractivity contribution in [3.8, 4) is 11.5 Å². The average molecular weight is 331 g/mol. The van der Waals surface area contributed by atoms with Crippen LogP contribution in [0.25, 0.3) is 11.6 Å². The first-order valence-corrected chi connectivity index (χ1v) is 7.40. The van der Waals surface area contributed by atoms with E-state index in [0.29, 0.717) is 22.1 Å².